The van der Waals surface area contributed by atoms with Gasteiger partial charge in [-0.1, -0.05) is 23.7 Å². The maximum absolute atomic E-state index is 14.2. The normalized spacial score (nSPS) is 16.1. The number of halogens is 2. The van der Waals surface area contributed by atoms with Gasteiger partial charge in [-0.05, 0) is 30.3 Å². The standard InChI is InChI=1S/C15H12ClFO4S/c16-10-3-1-4-11(9-10)22(18,19)13-6-2-5-12(17)14(13)15-20-7-8-21-15/h1-6,9,15H,7-8H2. The predicted octanol–water partition coefficient (Wildman–Crippen LogP) is 3.36. The van der Waals surface area contributed by atoms with E-state index in [0.717, 1.165) is 0 Å². The molecule has 1 aliphatic heterocycles. The molecule has 116 valence electrons. The Morgan fingerprint density at radius 1 is 1.09 bits per heavy atom. The fraction of sp³-hybridized carbons (Fsp3) is 0.200. The zero-order valence-electron chi connectivity index (χ0n) is 11.3. The van der Waals surface area contributed by atoms with E-state index in [-0.39, 0.29) is 33.6 Å². The monoisotopic (exact) mass is 342 g/mol. The summed E-state index contributed by atoms with van der Waals surface area (Å²) in [5.41, 5.74) is -0.111. The molecule has 0 amide bonds. The van der Waals surface area contributed by atoms with Gasteiger partial charge in [0.2, 0.25) is 9.84 Å². The van der Waals surface area contributed by atoms with Gasteiger partial charge in [-0.3, -0.25) is 0 Å². The molecule has 0 aromatic heterocycles. The van der Waals surface area contributed by atoms with E-state index in [4.69, 9.17) is 21.1 Å². The van der Waals surface area contributed by atoms with Crippen LogP contribution >= 0.6 is 11.6 Å². The largest absolute Gasteiger partial charge is 0.346 e. The highest BCUT2D eigenvalue weighted by Crippen LogP contribution is 2.34. The Kier molecular flexibility index (Phi) is 4.18. The molecule has 22 heavy (non-hydrogen) atoms. The molecular formula is C15H12ClFO4S. The van der Waals surface area contributed by atoms with Crippen LogP contribution in [-0.2, 0) is 19.3 Å². The Bertz CT molecular complexity index is 801. The third kappa shape index (κ3) is 2.75. The average molecular weight is 343 g/mol. The highest BCUT2D eigenvalue weighted by Gasteiger charge is 2.31. The van der Waals surface area contributed by atoms with Crippen LogP contribution in [-0.4, -0.2) is 21.6 Å². The van der Waals surface area contributed by atoms with Crippen LogP contribution in [0.3, 0.4) is 0 Å². The molecule has 1 heterocycles. The zero-order chi connectivity index (χ0) is 15.7. The van der Waals surface area contributed by atoms with E-state index in [1.54, 1.807) is 6.07 Å². The number of rotatable bonds is 3. The second-order valence-corrected chi connectivity index (χ2v) is 7.04. The predicted molar refractivity (Wildman–Crippen MR) is 77.9 cm³/mol. The fourth-order valence-electron chi connectivity index (χ4n) is 2.27. The minimum Gasteiger partial charge on any atom is -0.346 e. The molecule has 0 saturated carbocycles. The number of ether oxygens (including phenoxy) is 2. The van der Waals surface area contributed by atoms with Crippen LogP contribution in [0.2, 0.25) is 5.02 Å². The molecule has 0 spiro atoms. The van der Waals surface area contributed by atoms with Crippen LogP contribution in [0.1, 0.15) is 11.9 Å². The van der Waals surface area contributed by atoms with Gasteiger partial charge in [-0.25, -0.2) is 12.8 Å². The van der Waals surface area contributed by atoms with E-state index in [2.05, 4.69) is 0 Å². The topological polar surface area (TPSA) is 52.6 Å². The molecule has 0 unspecified atom stereocenters. The Morgan fingerprint density at radius 2 is 1.77 bits per heavy atom. The lowest BCUT2D eigenvalue weighted by atomic mass is 10.2. The molecule has 4 nitrogen and oxygen atoms in total. The van der Waals surface area contributed by atoms with E-state index in [9.17, 15) is 12.8 Å². The van der Waals surface area contributed by atoms with Gasteiger partial charge in [0.25, 0.3) is 0 Å². The van der Waals surface area contributed by atoms with Crippen LogP contribution in [0.25, 0.3) is 0 Å². The minimum absolute atomic E-state index is 0.00940. The Hall–Kier alpha value is -1.47. The van der Waals surface area contributed by atoms with Gasteiger partial charge < -0.3 is 9.47 Å². The van der Waals surface area contributed by atoms with Crippen LogP contribution in [0, 0.1) is 5.82 Å². The highest BCUT2D eigenvalue weighted by molar-refractivity contribution is 7.91. The second kappa shape index (κ2) is 5.96. The molecular weight excluding hydrogens is 331 g/mol. The quantitative estimate of drug-likeness (QED) is 0.858. The van der Waals surface area contributed by atoms with E-state index >= 15 is 0 Å². The number of sulfone groups is 1. The first-order chi connectivity index (χ1) is 10.5. The van der Waals surface area contributed by atoms with Crippen LogP contribution in [0.15, 0.2) is 52.3 Å². The summed E-state index contributed by atoms with van der Waals surface area (Å²) in [6, 6.07) is 9.67. The van der Waals surface area contributed by atoms with Crippen molar-refractivity contribution in [2.75, 3.05) is 13.2 Å². The molecule has 0 bridgehead atoms. The van der Waals surface area contributed by atoms with Gasteiger partial charge in [-0.15, -0.1) is 0 Å². The Balaban J connectivity index is 2.17. The SMILES string of the molecule is O=S(=O)(c1cccc(Cl)c1)c1cccc(F)c1C1OCCO1. The third-order valence-electron chi connectivity index (χ3n) is 3.27. The second-order valence-electron chi connectivity index (χ2n) is 4.69. The van der Waals surface area contributed by atoms with Crippen molar-refractivity contribution in [1.29, 1.82) is 0 Å². The molecule has 1 aliphatic rings. The Morgan fingerprint density at radius 3 is 2.45 bits per heavy atom. The van der Waals surface area contributed by atoms with E-state index < -0.39 is 21.9 Å². The van der Waals surface area contributed by atoms with E-state index in [1.807, 2.05) is 0 Å². The van der Waals surface area contributed by atoms with Crippen molar-refractivity contribution >= 4 is 21.4 Å². The van der Waals surface area contributed by atoms with Crippen molar-refractivity contribution in [3.8, 4) is 0 Å². The van der Waals surface area contributed by atoms with Gasteiger partial charge in [0.15, 0.2) is 6.29 Å². The summed E-state index contributed by atoms with van der Waals surface area (Å²) in [5.74, 6) is -0.685. The average Bonchev–Trinajstić information content (AvgIpc) is 3.01. The molecule has 0 radical (unpaired) electrons. The maximum Gasteiger partial charge on any atom is 0.207 e. The molecule has 1 fully saturated rings. The zero-order valence-corrected chi connectivity index (χ0v) is 12.9. The fourth-order valence-corrected chi connectivity index (χ4v) is 4.06. The van der Waals surface area contributed by atoms with Crippen molar-refractivity contribution in [2.45, 2.75) is 16.1 Å². The molecule has 7 heteroatoms. The summed E-state index contributed by atoms with van der Waals surface area (Å²) < 4.78 is 50.3. The van der Waals surface area contributed by atoms with Gasteiger partial charge in [-0.2, -0.15) is 0 Å². The summed E-state index contributed by atoms with van der Waals surface area (Å²) in [6.45, 7) is 0.575. The van der Waals surface area contributed by atoms with Crippen molar-refractivity contribution in [3.05, 3.63) is 58.9 Å². The molecule has 0 atom stereocenters. The lowest BCUT2D eigenvalue weighted by molar-refractivity contribution is -0.0486. The first-order valence-corrected chi connectivity index (χ1v) is 8.38. The third-order valence-corrected chi connectivity index (χ3v) is 5.31. The van der Waals surface area contributed by atoms with Crippen LogP contribution in [0.4, 0.5) is 4.39 Å². The molecule has 3 rings (SSSR count). The Labute approximate surface area is 132 Å². The summed E-state index contributed by atoms with van der Waals surface area (Å²) in [7, 11) is -3.94. The first-order valence-electron chi connectivity index (χ1n) is 6.52. The molecule has 0 aliphatic carbocycles. The van der Waals surface area contributed by atoms with Gasteiger partial charge in [0, 0.05) is 5.02 Å². The van der Waals surface area contributed by atoms with E-state index in [1.165, 1.54) is 36.4 Å². The summed E-state index contributed by atoms with van der Waals surface area (Å²) in [4.78, 5) is -0.188. The summed E-state index contributed by atoms with van der Waals surface area (Å²) in [5, 5.41) is 0.285. The number of hydrogen-bond acceptors (Lipinski definition) is 4. The lowest BCUT2D eigenvalue weighted by Crippen LogP contribution is -2.11. The van der Waals surface area contributed by atoms with Crippen molar-refractivity contribution in [1.82, 2.24) is 0 Å². The molecule has 2 aromatic rings. The van der Waals surface area contributed by atoms with Gasteiger partial charge >= 0.3 is 0 Å². The molecule has 0 N–H and O–H groups in total. The number of hydrogen-bond donors (Lipinski definition) is 0. The van der Waals surface area contributed by atoms with E-state index in [0.29, 0.717) is 0 Å². The van der Waals surface area contributed by atoms with Crippen molar-refractivity contribution in [3.63, 3.8) is 0 Å². The highest BCUT2D eigenvalue weighted by atomic mass is 35.5. The van der Waals surface area contributed by atoms with Crippen LogP contribution < -0.4 is 0 Å². The van der Waals surface area contributed by atoms with Crippen molar-refractivity contribution in [2.24, 2.45) is 0 Å². The maximum atomic E-state index is 14.2. The van der Waals surface area contributed by atoms with Crippen molar-refractivity contribution < 1.29 is 22.3 Å². The summed E-state index contributed by atoms with van der Waals surface area (Å²) in [6.07, 6.45) is -1.02. The van der Waals surface area contributed by atoms with Gasteiger partial charge in [0.05, 0.1) is 28.6 Å². The summed E-state index contributed by atoms with van der Waals surface area (Å²) >= 11 is 5.85. The molecule has 1 saturated heterocycles. The van der Waals surface area contributed by atoms with Gasteiger partial charge in [0.1, 0.15) is 5.82 Å². The molecule has 2 aromatic carbocycles. The minimum atomic E-state index is -3.94. The lowest BCUT2D eigenvalue weighted by Gasteiger charge is -2.16. The first kappa shape index (κ1) is 15.4. The number of benzene rings is 2. The van der Waals surface area contributed by atoms with Crippen LogP contribution in [0.5, 0.6) is 0 Å². The smallest absolute Gasteiger partial charge is 0.207 e.